The molecule has 0 aliphatic carbocycles. The van der Waals surface area contributed by atoms with E-state index in [-0.39, 0.29) is 6.42 Å². The van der Waals surface area contributed by atoms with Crippen molar-refractivity contribution in [3.63, 3.8) is 0 Å². The second-order valence-electron chi connectivity index (χ2n) is 3.84. The Morgan fingerprint density at radius 2 is 2.29 bits per heavy atom. The van der Waals surface area contributed by atoms with Crippen LogP contribution in [0.25, 0.3) is 0 Å². The molecular weight excluding hydrogens is 224 g/mol. The molecule has 5 nitrogen and oxygen atoms in total. The Morgan fingerprint density at radius 3 is 2.94 bits per heavy atom. The number of cyclic esters (lactones) is 1. The third kappa shape index (κ3) is 2.22. The number of carboxylic acid groups (broad SMARTS) is 1. The summed E-state index contributed by atoms with van der Waals surface area (Å²) in [6.45, 7) is 0. The van der Waals surface area contributed by atoms with Crippen LogP contribution in [0.5, 0.6) is 5.75 Å². The second kappa shape index (κ2) is 4.45. The molecule has 0 radical (unpaired) electrons. The molecule has 0 unspecified atom stereocenters. The van der Waals surface area contributed by atoms with Crippen LogP contribution in [0.2, 0.25) is 0 Å². The highest BCUT2D eigenvalue weighted by Crippen LogP contribution is 2.36. The van der Waals surface area contributed by atoms with Crippen molar-refractivity contribution in [3.05, 3.63) is 29.8 Å². The van der Waals surface area contributed by atoms with Gasteiger partial charge in [-0.1, -0.05) is 12.1 Å². The monoisotopic (exact) mass is 236 g/mol. The van der Waals surface area contributed by atoms with Gasteiger partial charge in [0.2, 0.25) is 0 Å². The maximum Gasteiger partial charge on any atom is 0.311 e. The predicted molar refractivity (Wildman–Crippen MR) is 57.6 cm³/mol. The molecule has 2 rings (SSSR count). The Bertz CT molecular complexity index is 454. The number of carbonyl (C=O) groups excluding carboxylic acids is 1. The highest BCUT2D eigenvalue weighted by Gasteiger charge is 2.40. The number of rotatable bonds is 3. The van der Waals surface area contributed by atoms with Gasteiger partial charge in [0.15, 0.2) is 0 Å². The number of ether oxygens (including phenoxy) is 2. The minimum absolute atomic E-state index is 0.0861. The maximum absolute atomic E-state index is 11.2. The van der Waals surface area contributed by atoms with Gasteiger partial charge in [-0.05, 0) is 17.7 Å². The SMILES string of the molecule is COc1cccc([C@@H]2OC(=O)C[C@H]2C(=O)O)c1. The van der Waals surface area contributed by atoms with E-state index in [1.807, 2.05) is 0 Å². The molecule has 0 aromatic heterocycles. The van der Waals surface area contributed by atoms with E-state index in [0.29, 0.717) is 11.3 Å². The summed E-state index contributed by atoms with van der Waals surface area (Å²) in [4.78, 5) is 22.2. The largest absolute Gasteiger partial charge is 0.497 e. The predicted octanol–water partition coefficient (Wildman–Crippen LogP) is 1.38. The minimum atomic E-state index is -1.02. The first-order valence-corrected chi connectivity index (χ1v) is 5.18. The van der Waals surface area contributed by atoms with E-state index in [4.69, 9.17) is 14.6 Å². The van der Waals surface area contributed by atoms with Crippen LogP contribution in [0.1, 0.15) is 18.1 Å². The van der Waals surface area contributed by atoms with Crippen molar-refractivity contribution in [3.8, 4) is 5.75 Å². The molecule has 0 spiro atoms. The van der Waals surface area contributed by atoms with Crippen LogP contribution >= 0.6 is 0 Å². The van der Waals surface area contributed by atoms with Gasteiger partial charge in [-0.15, -0.1) is 0 Å². The van der Waals surface area contributed by atoms with Gasteiger partial charge >= 0.3 is 11.9 Å². The van der Waals surface area contributed by atoms with Crippen molar-refractivity contribution in [2.24, 2.45) is 5.92 Å². The molecule has 1 fully saturated rings. The zero-order chi connectivity index (χ0) is 12.4. The zero-order valence-electron chi connectivity index (χ0n) is 9.25. The maximum atomic E-state index is 11.2. The van der Waals surface area contributed by atoms with Crippen LogP contribution in [0.3, 0.4) is 0 Å². The number of aliphatic carboxylic acids is 1. The summed E-state index contributed by atoms with van der Waals surface area (Å²) in [7, 11) is 1.52. The summed E-state index contributed by atoms with van der Waals surface area (Å²) in [5.41, 5.74) is 0.641. The fourth-order valence-electron chi connectivity index (χ4n) is 1.89. The smallest absolute Gasteiger partial charge is 0.311 e. The summed E-state index contributed by atoms with van der Waals surface area (Å²) < 4.78 is 10.1. The van der Waals surface area contributed by atoms with Crippen LogP contribution in [-0.2, 0) is 14.3 Å². The molecule has 90 valence electrons. The molecule has 2 atom stereocenters. The zero-order valence-corrected chi connectivity index (χ0v) is 9.25. The Labute approximate surface area is 98.0 Å². The van der Waals surface area contributed by atoms with Crippen LogP contribution in [0.15, 0.2) is 24.3 Å². The number of benzene rings is 1. The van der Waals surface area contributed by atoms with Gasteiger partial charge in [-0.3, -0.25) is 9.59 Å². The van der Waals surface area contributed by atoms with Crippen molar-refractivity contribution < 1.29 is 24.2 Å². The fourth-order valence-corrected chi connectivity index (χ4v) is 1.89. The number of carboxylic acids is 1. The molecule has 0 amide bonds. The van der Waals surface area contributed by atoms with E-state index in [2.05, 4.69) is 0 Å². The molecule has 1 aromatic rings. The quantitative estimate of drug-likeness (QED) is 0.803. The molecule has 0 saturated carbocycles. The molecule has 1 aliphatic heterocycles. The minimum Gasteiger partial charge on any atom is -0.497 e. The summed E-state index contributed by atoms with van der Waals surface area (Å²) >= 11 is 0. The molecule has 1 aliphatic rings. The van der Waals surface area contributed by atoms with Gasteiger partial charge in [0.05, 0.1) is 13.5 Å². The van der Waals surface area contributed by atoms with Gasteiger partial charge in [0.1, 0.15) is 17.8 Å². The molecule has 5 heteroatoms. The molecule has 17 heavy (non-hydrogen) atoms. The second-order valence-corrected chi connectivity index (χ2v) is 3.84. The Kier molecular flexibility index (Phi) is 2.99. The van der Waals surface area contributed by atoms with Crippen LogP contribution in [0, 0.1) is 5.92 Å². The van der Waals surface area contributed by atoms with E-state index in [1.165, 1.54) is 7.11 Å². The number of hydrogen-bond donors (Lipinski definition) is 1. The summed E-state index contributed by atoms with van der Waals surface area (Å²) in [5, 5.41) is 9.03. The first kappa shape index (κ1) is 11.4. The van der Waals surface area contributed by atoms with Crippen molar-refractivity contribution in [1.29, 1.82) is 0 Å². The number of esters is 1. The van der Waals surface area contributed by atoms with Gasteiger partial charge < -0.3 is 14.6 Å². The number of hydrogen-bond acceptors (Lipinski definition) is 4. The Hall–Kier alpha value is -2.04. The third-order valence-corrected chi connectivity index (χ3v) is 2.75. The van der Waals surface area contributed by atoms with Gasteiger partial charge in [-0.2, -0.15) is 0 Å². The van der Waals surface area contributed by atoms with E-state index >= 15 is 0 Å². The van der Waals surface area contributed by atoms with Crippen molar-refractivity contribution in [2.45, 2.75) is 12.5 Å². The molecule has 1 heterocycles. The summed E-state index contributed by atoms with van der Waals surface area (Å²) in [6, 6.07) is 6.89. The topological polar surface area (TPSA) is 72.8 Å². The lowest BCUT2D eigenvalue weighted by Crippen LogP contribution is -2.17. The fraction of sp³-hybridized carbons (Fsp3) is 0.333. The third-order valence-electron chi connectivity index (χ3n) is 2.75. The molecule has 0 bridgehead atoms. The number of methoxy groups -OCH3 is 1. The lowest BCUT2D eigenvalue weighted by Gasteiger charge is -2.15. The lowest BCUT2D eigenvalue weighted by atomic mass is 9.95. The van der Waals surface area contributed by atoms with Crippen LogP contribution in [-0.4, -0.2) is 24.2 Å². The van der Waals surface area contributed by atoms with Crippen LogP contribution in [0.4, 0.5) is 0 Å². The molecular formula is C12H12O5. The molecule has 1 saturated heterocycles. The molecule has 1 aromatic carbocycles. The summed E-state index contributed by atoms with van der Waals surface area (Å²) in [5.74, 6) is -1.72. The highest BCUT2D eigenvalue weighted by atomic mass is 16.6. The van der Waals surface area contributed by atoms with Gasteiger partial charge in [0.25, 0.3) is 0 Å². The van der Waals surface area contributed by atoms with E-state index in [1.54, 1.807) is 24.3 Å². The van der Waals surface area contributed by atoms with E-state index in [9.17, 15) is 9.59 Å². The average Bonchev–Trinajstić information content (AvgIpc) is 2.72. The van der Waals surface area contributed by atoms with Gasteiger partial charge in [-0.25, -0.2) is 0 Å². The average molecular weight is 236 g/mol. The van der Waals surface area contributed by atoms with Crippen molar-refractivity contribution in [1.82, 2.24) is 0 Å². The van der Waals surface area contributed by atoms with E-state index < -0.39 is 24.0 Å². The standard InChI is InChI=1S/C12H12O5/c1-16-8-4-2-3-7(5-8)11-9(12(14)15)6-10(13)17-11/h2-5,9,11H,6H2,1H3,(H,14,15)/t9-,11+/m1/s1. The van der Waals surface area contributed by atoms with Gasteiger partial charge in [0, 0.05) is 0 Å². The number of carbonyl (C=O) groups is 2. The summed E-state index contributed by atoms with van der Waals surface area (Å²) in [6.07, 6.45) is -0.813. The van der Waals surface area contributed by atoms with E-state index in [0.717, 1.165) is 0 Å². The normalized spacial score (nSPS) is 23.2. The first-order chi connectivity index (χ1) is 8.11. The Morgan fingerprint density at radius 1 is 1.53 bits per heavy atom. The Balaban J connectivity index is 2.31. The first-order valence-electron chi connectivity index (χ1n) is 5.18. The van der Waals surface area contributed by atoms with Crippen molar-refractivity contribution in [2.75, 3.05) is 7.11 Å². The van der Waals surface area contributed by atoms with Crippen molar-refractivity contribution >= 4 is 11.9 Å². The lowest BCUT2D eigenvalue weighted by molar-refractivity contribution is -0.144. The highest BCUT2D eigenvalue weighted by molar-refractivity contribution is 5.82. The molecule has 1 N–H and O–H groups in total. The van der Waals surface area contributed by atoms with Crippen LogP contribution < -0.4 is 4.74 Å².